The van der Waals surface area contributed by atoms with Crippen molar-refractivity contribution in [3.8, 4) is 0 Å². The summed E-state index contributed by atoms with van der Waals surface area (Å²) in [6.45, 7) is 12.6. The smallest absolute Gasteiger partial charge is 0.227 e. The monoisotopic (exact) mass is 329 g/mol. The molecule has 1 heterocycles. The first kappa shape index (κ1) is 20.0. The minimum Gasteiger partial charge on any atom is -0.507 e. The highest BCUT2D eigenvalue weighted by Gasteiger charge is 2.17. The molecule has 132 valence electrons. The van der Waals surface area contributed by atoms with Gasteiger partial charge in [-0.15, -0.1) is 0 Å². The maximum Gasteiger partial charge on any atom is 0.227 e. The van der Waals surface area contributed by atoms with Gasteiger partial charge in [0.05, 0.1) is 5.57 Å². The van der Waals surface area contributed by atoms with Crippen molar-refractivity contribution in [1.29, 1.82) is 0 Å². The lowest BCUT2D eigenvalue weighted by Gasteiger charge is -2.08. The Labute approximate surface area is 146 Å². The molecular formula is C21H31NO2. The molecule has 0 aliphatic carbocycles. The molecule has 0 spiro atoms. The van der Waals surface area contributed by atoms with Crippen molar-refractivity contribution >= 4 is 16.7 Å². The van der Waals surface area contributed by atoms with Crippen LogP contribution in [0.5, 0.6) is 0 Å². The second-order valence-electron chi connectivity index (χ2n) is 6.62. The topological polar surface area (TPSA) is 46.3 Å². The van der Waals surface area contributed by atoms with E-state index >= 15 is 0 Å². The molecule has 0 saturated carbocycles. The van der Waals surface area contributed by atoms with E-state index in [0.29, 0.717) is 5.89 Å². The summed E-state index contributed by atoms with van der Waals surface area (Å²) in [4.78, 5) is 4.42. The highest BCUT2D eigenvalue weighted by Crippen LogP contribution is 2.28. The summed E-state index contributed by atoms with van der Waals surface area (Å²) in [6, 6.07) is 7.59. The molecule has 3 nitrogen and oxygen atoms in total. The lowest BCUT2D eigenvalue weighted by Crippen LogP contribution is -1.98. The first-order chi connectivity index (χ1) is 11.4. The van der Waals surface area contributed by atoms with Crippen LogP contribution >= 0.6 is 0 Å². The number of benzene rings is 1. The number of aliphatic hydroxyl groups excluding tert-OH is 1. The van der Waals surface area contributed by atoms with Crippen LogP contribution in [0.15, 0.2) is 46.6 Å². The maximum absolute atomic E-state index is 10.1. The fourth-order valence-corrected chi connectivity index (χ4v) is 2.46. The van der Waals surface area contributed by atoms with Gasteiger partial charge in [0.25, 0.3) is 0 Å². The Bertz CT molecular complexity index is 645. The number of rotatable bonds is 5. The van der Waals surface area contributed by atoms with Crippen molar-refractivity contribution in [3.05, 3.63) is 48.1 Å². The van der Waals surface area contributed by atoms with E-state index in [9.17, 15) is 5.11 Å². The summed E-state index contributed by atoms with van der Waals surface area (Å²) < 4.78 is 5.70. The number of oxazole rings is 1. The van der Waals surface area contributed by atoms with Gasteiger partial charge in [-0.25, -0.2) is 4.98 Å². The zero-order chi connectivity index (χ0) is 18.1. The second-order valence-corrected chi connectivity index (χ2v) is 6.62. The summed E-state index contributed by atoms with van der Waals surface area (Å²) >= 11 is 0. The van der Waals surface area contributed by atoms with Gasteiger partial charge in [-0.1, -0.05) is 65.7 Å². The molecular weight excluding hydrogens is 298 g/mol. The van der Waals surface area contributed by atoms with Gasteiger partial charge < -0.3 is 9.52 Å². The Morgan fingerprint density at radius 1 is 1.21 bits per heavy atom. The van der Waals surface area contributed by atoms with Gasteiger partial charge >= 0.3 is 0 Å². The molecule has 24 heavy (non-hydrogen) atoms. The van der Waals surface area contributed by atoms with Gasteiger partial charge in [0.2, 0.25) is 5.89 Å². The van der Waals surface area contributed by atoms with E-state index < -0.39 is 0 Å². The molecule has 0 aliphatic rings. The van der Waals surface area contributed by atoms with E-state index in [2.05, 4.69) is 25.8 Å². The fraction of sp³-hybridized carbons (Fsp3) is 0.476. The lowest BCUT2D eigenvalue weighted by molar-refractivity contribution is 0.426. The van der Waals surface area contributed by atoms with Crippen LogP contribution < -0.4 is 0 Å². The summed E-state index contributed by atoms with van der Waals surface area (Å²) in [5, 5.41) is 10.1. The van der Waals surface area contributed by atoms with E-state index in [0.717, 1.165) is 22.6 Å². The summed E-state index contributed by atoms with van der Waals surface area (Å²) in [7, 11) is 0. The standard InChI is InChI=1S/C15H17NO2.C6H14/c1-4-7-12(17)14(10(2)3)15-16-11-8-5-6-9-13(11)18-15;1-4-5-6(2)3/h4-10,17H,1-3H3;6H,4-5H2,1-3H3/b7-4-,14-12-;. The normalized spacial score (nSPS) is 12.7. The Balaban J connectivity index is 0.000000413. The molecule has 3 heteroatoms. The highest BCUT2D eigenvalue weighted by atomic mass is 16.3. The second kappa shape index (κ2) is 9.96. The third-order valence-corrected chi connectivity index (χ3v) is 3.57. The number of para-hydroxylation sites is 2. The van der Waals surface area contributed by atoms with Gasteiger partial charge in [0.15, 0.2) is 5.58 Å². The zero-order valence-corrected chi connectivity index (χ0v) is 15.8. The van der Waals surface area contributed by atoms with Crippen LogP contribution in [0, 0.1) is 11.8 Å². The predicted octanol–water partition coefficient (Wildman–Crippen LogP) is 6.77. The molecule has 0 amide bonds. The molecule has 0 fully saturated rings. The molecule has 0 aliphatic heterocycles. The zero-order valence-electron chi connectivity index (χ0n) is 15.8. The van der Waals surface area contributed by atoms with E-state index in [4.69, 9.17) is 4.42 Å². The van der Waals surface area contributed by atoms with E-state index in [1.165, 1.54) is 12.8 Å². The number of hydrogen-bond donors (Lipinski definition) is 1. The summed E-state index contributed by atoms with van der Waals surface area (Å²) in [6.07, 6.45) is 6.15. The molecule has 1 aromatic carbocycles. The van der Waals surface area contributed by atoms with Crippen molar-refractivity contribution in [1.82, 2.24) is 4.98 Å². The molecule has 2 rings (SSSR count). The van der Waals surface area contributed by atoms with E-state index in [1.807, 2.05) is 45.0 Å². The highest BCUT2D eigenvalue weighted by molar-refractivity contribution is 5.76. The van der Waals surface area contributed by atoms with E-state index in [-0.39, 0.29) is 11.7 Å². The SMILES string of the molecule is C/C=C\C(O)=C(\c1nc2ccccc2o1)C(C)C.CCCC(C)C. The third-order valence-electron chi connectivity index (χ3n) is 3.57. The number of aliphatic hydroxyl groups is 1. The van der Waals surface area contributed by atoms with Crippen LogP contribution in [0.4, 0.5) is 0 Å². The van der Waals surface area contributed by atoms with Crippen molar-refractivity contribution in [2.75, 3.05) is 0 Å². The number of allylic oxidation sites excluding steroid dienone is 3. The third kappa shape index (κ3) is 5.88. The average Bonchev–Trinajstić information content (AvgIpc) is 2.90. The fourth-order valence-electron chi connectivity index (χ4n) is 2.46. The molecule has 1 aromatic heterocycles. The average molecular weight is 329 g/mol. The molecule has 0 radical (unpaired) electrons. The van der Waals surface area contributed by atoms with Gasteiger partial charge in [-0.3, -0.25) is 0 Å². The molecule has 0 atom stereocenters. The molecule has 0 bridgehead atoms. The van der Waals surface area contributed by atoms with Crippen molar-refractivity contribution in [2.24, 2.45) is 11.8 Å². The van der Waals surface area contributed by atoms with Gasteiger partial charge in [-0.05, 0) is 37.0 Å². The van der Waals surface area contributed by atoms with Crippen LogP contribution in [0.25, 0.3) is 16.7 Å². The summed E-state index contributed by atoms with van der Waals surface area (Å²) in [5.74, 6) is 1.73. The Hall–Kier alpha value is -2.03. The first-order valence-corrected chi connectivity index (χ1v) is 8.82. The van der Waals surface area contributed by atoms with Gasteiger partial charge in [-0.2, -0.15) is 0 Å². The minimum absolute atomic E-state index is 0.134. The maximum atomic E-state index is 10.1. The number of nitrogens with zero attached hydrogens (tertiary/aromatic N) is 1. The number of aromatic nitrogens is 1. The van der Waals surface area contributed by atoms with Crippen LogP contribution in [0.1, 0.15) is 60.3 Å². The Kier molecular flexibility index (Phi) is 8.31. The van der Waals surface area contributed by atoms with Crippen molar-refractivity contribution < 1.29 is 9.52 Å². The lowest BCUT2D eigenvalue weighted by atomic mass is 10.0. The van der Waals surface area contributed by atoms with Crippen LogP contribution in [0.2, 0.25) is 0 Å². The predicted molar refractivity (Wildman–Crippen MR) is 103 cm³/mol. The molecule has 0 saturated heterocycles. The van der Waals surface area contributed by atoms with E-state index in [1.54, 1.807) is 12.2 Å². The molecule has 0 unspecified atom stereocenters. The van der Waals surface area contributed by atoms with Crippen LogP contribution in [0.3, 0.4) is 0 Å². The van der Waals surface area contributed by atoms with Crippen molar-refractivity contribution in [2.45, 2.75) is 54.4 Å². The van der Waals surface area contributed by atoms with Gasteiger partial charge in [0, 0.05) is 0 Å². The molecule has 2 aromatic rings. The Morgan fingerprint density at radius 3 is 2.33 bits per heavy atom. The van der Waals surface area contributed by atoms with Crippen LogP contribution in [-0.2, 0) is 0 Å². The number of hydrogen-bond acceptors (Lipinski definition) is 3. The van der Waals surface area contributed by atoms with Crippen molar-refractivity contribution in [3.63, 3.8) is 0 Å². The molecule has 1 N–H and O–H groups in total. The minimum atomic E-state index is 0.134. The quantitative estimate of drug-likeness (QED) is 0.486. The largest absolute Gasteiger partial charge is 0.507 e. The summed E-state index contributed by atoms with van der Waals surface area (Å²) in [5.41, 5.74) is 2.27. The first-order valence-electron chi connectivity index (χ1n) is 8.82. The number of fused-ring (bicyclic) bond motifs is 1. The van der Waals surface area contributed by atoms with Gasteiger partial charge in [0.1, 0.15) is 11.3 Å². The Morgan fingerprint density at radius 2 is 1.88 bits per heavy atom. The van der Waals surface area contributed by atoms with Crippen LogP contribution in [-0.4, -0.2) is 10.1 Å².